The van der Waals surface area contributed by atoms with Gasteiger partial charge in [0.05, 0.1) is 6.54 Å². The smallest absolute Gasteiger partial charge is 0.235 e. The van der Waals surface area contributed by atoms with Gasteiger partial charge in [-0.25, -0.2) is 13.1 Å². The number of sulfonamides is 1. The Hall–Kier alpha value is -0.140. The number of amides is 1. The molecule has 0 spiro atoms. The highest BCUT2D eigenvalue weighted by atomic mass is 79.9. The van der Waals surface area contributed by atoms with Gasteiger partial charge >= 0.3 is 0 Å². The van der Waals surface area contributed by atoms with Crippen LogP contribution < -0.4 is 10.0 Å². The molecule has 7 heteroatoms. The number of nitrogens with one attached hydrogen (secondary N) is 2. The summed E-state index contributed by atoms with van der Waals surface area (Å²) in [5.74, 6) is -0.314. The Morgan fingerprint density at radius 2 is 2.08 bits per heavy atom. The van der Waals surface area contributed by atoms with Gasteiger partial charge in [-0.05, 0) is 6.42 Å². The topological polar surface area (TPSA) is 75.3 Å². The second-order valence-corrected chi connectivity index (χ2v) is 5.50. The lowest BCUT2D eigenvalue weighted by molar-refractivity contribution is -0.119. The lowest BCUT2D eigenvalue weighted by Crippen LogP contribution is -2.37. The minimum absolute atomic E-state index is 0.193. The van der Waals surface area contributed by atoms with E-state index in [1.807, 2.05) is 6.92 Å². The lowest BCUT2D eigenvalue weighted by atomic mass is 10.5. The number of hydrogen-bond donors (Lipinski definition) is 2. The molecule has 0 heterocycles. The Kier molecular flexibility index (Phi) is 6.27. The highest BCUT2D eigenvalue weighted by Gasteiger charge is 2.09. The molecule has 0 fully saturated rings. The fourth-order valence-corrected chi connectivity index (χ4v) is 1.45. The molecule has 5 nitrogen and oxygen atoms in total. The molecule has 0 aromatic rings. The van der Waals surface area contributed by atoms with Crippen LogP contribution in [0.4, 0.5) is 0 Å². The van der Waals surface area contributed by atoms with Gasteiger partial charge in [-0.1, -0.05) is 22.9 Å². The van der Waals surface area contributed by atoms with Crippen LogP contribution in [0.3, 0.4) is 0 Å². The first-order valence-electron chi connectivity index (χ1n) is 3.82. The summed E-state index contributed by atoms with van der Waals surface area (Å²) >= 11 is 2.79. The molecule has 0 aromatic carbocycles. The molecule has 0 aromatic heterocycles. The zero-order valence-electron chi connectivity index (χ0n) is 7.34. The van der Waals surface area contributed by atoms with E-state index in [-0.39, 0.29) is 17.1 Å². The SMILES string of the molecule is CCCNC(=O)CNS(=O)(=O)CBr. The second kappa shape index (κ2) is 6.33. The molecule has 0 aliphatic carbocycles. The van der Waals surface area contributed by atoms with E-state index in [1.165, 1.54) is 0 Å². The van der Waals surface area contributed by atoms with E-state index in [4.69, 9.17) is 0 Å². The molecule has 0 saturated heterocycles. The van der Waals surface area contributed by atoms with Crippen molar-refractivity contribution in [3.8, 4) is 0 Å². The van der Waals surface area contributed by atoms with Crippen molar-refractivity contribution in [3.05, 3.63) is 0 Å². The van der Waals surface area contributed by atoms with E-state index >= 15 is 0 Å². The fourth-order valence-electron chi connectivity index (χ4n) is 0.541. The van der Waals surface area contributed by atoms with Gasteiger partial charge in [-0.2, -0.15) is 0 Å². The van der Waals surface area contributed by atoms with E-state index in [9.17, 15) is 13.2 Å². The molecular weight excluding hydrogens is 260 g/mol. The zero-order chi connectivity index (χ0) is 10.3. The molecule has 2 N–H and O–H groups in total. The molecule has 1 amide bonds. The molecular formula is C6H13BrN2O3S. The first-order chi connectivity index (χ1) is 6.02. The normalized spacial score (nSPS) is 11.2. The summed E-state index contributed by atoms with van der Waals surface area (Å²) in [6.45, 7) is 2.28. The predicted octanol–water partition coefficient (Wildman–Crippen LogP) is -0.216. The summed E-state index contributed by atoms with van der Waals surface area (Å²) in [6, 6.07) is 0. The molecule has 0 unspecified atom stereocenters. The van der Waals surface area contributed by atoms with Gasteiger partial charge in [-0.3, -0.25) is 4.79 Å². The van der Waals surface area contributed by atoms with E-state index in [0.29, 0.717) is 6.54 Å². The molecule has 0 bridgehead atoms. The molecule has 13 heavy (non-hydrogen) atoms. The molecule has 78 valence electrons. The summed E-state index contributed by atoms with van der Waals surface area (Å²) in [7, 11) is -3.33. The average molecular weight is 273 g/mol. The Labute approximate surface area is 86.5 Å². The fraction of sp³-hybridized carbons (Fsp3) is 0.833. The van der Waals surface area contributed by atoms with Crippen LogP contribution in [0.2, 0.25) is 0 Å². The number of carbonyl (C=O) groups excluding carboxylic acids is 1. The standard InChI is InChI=1S/C6H13BrN2O3S/c1-2-3-8-6(10)4-9-13(11,12)5-7/h9H,2-5H2,1H3,(H,8,10). The van der Waals surface area contributed by atoms with Crippen molar-refractivity contribution in [2.45, 2.75) is 13.3 Å². The van der Waals surface area contributed by atoms with Crippen LogP contribution in [-0.2, 0) is 14.8 Å². The molecule has 0 saturated carbocycles. The number of alkyl halides is 1. The maximum absolute atomic E-state index is 10.9. The van der Waals surface area contributed by atoms with Gasteiger partial charge in [0.25, 0.3) is 0 Å². The monoisotopic (exact) mass is 272 g/mol. The van der Waals surface area contributed by atoms with Crippen molar-refractivity contribution in [1.82, 2.24) is 10.0 Å². The third-order valence-electron chi connectivity index (χ3n) is 1.17. The van der Waals surface area contributed by atoms with Crippen LogP contribution in [0, 0.1) is 0 Å². The first-order valence-corrected chi connectivity index (χ1v) is 6.59. The van der Waals surface area contributed by atoms with Crippen molar-refractivity contribution in [3.63, 3.8) is 0 Å². The van der Waals surface area contributed by atoms with Crippen molar-refractivity contribution in [2.75, 3.05) is 17.8 Å². The molecule has 0 atom stereocenters. The number of halogens is 1. The third kappa shape index (κ3) is 6.97. The lowest BCUT2D eigenvalue weighted by Gasteiger charge is -2.04. The van der Waals surface area contributed by atoms with Crippen LogP contribution in [0.5, 0.6) is 0 Å². The van der Waals surface area contributed by atoms with Crippen LogP contribution in [0.15, 0.2) is 0 Å². The predicted molar refractivity (Wildman–Crippen MR) is 54.0 cm³/mol. The number of carbonyl (C=O) groups is 1. The quantitative estimate of drug-likeness (QED) is 0.657. The van der Waals surface area contributed by atoms with Crippen LogP contribution in [0.1, 0.15) is 13.3 Å². The second-order valence-electron chi connectivity index (χ2n) is 2.39. The highest BCUT2D eigenvalue weighted by Crippen LogP contribution is 1.89. The summed E-state index contributed by atoms with van der Waals surface area (Å²) < 4.78 is 23.6. The highest BCUT2D eigenvalue weighted by molar-refractivity contribution is 9.10. The minimum Gasteiger partial charge on any atom is -0.355 e. The third-order valence-corrected chi connectivity index (χ3v) is 3.85. The number of rotatable bonds is 6. The Morgan fingerprint density at radius 3 is 2.54 bits per heavy atom. The van der Waals surface area contributed by atoms with Gasteiger partial charge in [0.2, 0.25) is 15.9 Å². The maximum atomic E-state index is 10.9. The average Bonchev–Trinajstić information content (AvgIpc) is 2.11. The van der Waals surface area contributed by atoms with Gasteiger partial charge in [0, 0.05) is 6.54 Å². The van der Waals surface area contributed by atoms with E-state index in [1.54, 1.807) is 0 Å². The Bertz CT molecular complexity index is 253. The van der Waals surface area contributed by atoms with Gasteiger partial charge in [0.15, 0.2) is 0 Å². The summed E-state index contributed by atoms with van der Waals surface area (Å²) in [6.07, 6.45) is 0.830. The van der Waals surface area contributed by atoms with E-state index in [0.717, 1.165) is 6.42 Å². The zero-order valence-corrected chi connectivity index (χ0v) is 9.74. The number of hydrogen-bond acceptors (Lipinski definition) is 3. The van der Waals surface area contributed by atoms with Crippen LogP contribution in [-0.4, -0.2) is 32.1 Å². The van der Waals surface area contributed by atoms with Crippen LogP contribution in [0.25, 0.3) is 0 Å². The maximum Gasteiger partial charge on any atom is 0.235 e. The van der Waals surface area contributed by atoms with Crippen molar-refractivity contribution in [1.29, 1.82) is 0 Å². The summed E-state index contributed by atoms with van der Waals surface area (Å²) in [5, 5.41) is 2.55. The largest absolute Gasteiger partial charge is 0.355 e. The molecule has 0 aliphatic rings. The van der Waals surface area contributed by atoms with Crippen molar-refractivity contribution < 1.29 is 13.2 Å². The van der Waals surface area contributed by atoms with Gasteiger partial charge in [0.1, 0.15) is 4.66 Å². The van der Waals surface area contributed by atoms with Crippen molar-refractivity contribution in [2.24, 2.45) is 0 Å². The van der Waals surface area contributed by atoms with Gasteiger partial charge in [-0.15, -0.1) is 0 Å². The Morgan fingerprint density at radius 1 is 1.46 bits per heavy atom. The molecule has 0 aliphatic heterocycles. The van der Waals surface area contributed by atoms with Crippen molar-refractivity contribution >= 4 is 31.9 Å². The van der Waals surface area contributed by atoms with E-state index < -0.39 is 10.0 Å². The molecule has 0 rings (SSSR count). The van der Waals surface area contributed by atoms with Crippen LogP contribution >= 0.6 is 15.9 Å². The summed E-state index contributed by atoms with van der Waals surface area (Å²) in [5.41, 5.74) is 0. The first kappa shape index (κ1) is 12.9. The minimum atomic E-state index is -3.33. The van der Waals surface area contributed by atoms with E-state index in [2.05, 4.69) is 26.0 Å². The molecule has 0 radical (unpaired) electrons. The van der Waals surface area contributed by atoms with Gasteiger partial charge < -0.3 is 5.32 Å². The Balaban J connectivity index is 3.71. The summed E-state index contributed by atoms with van der Waals surface area (Å²) in [4.78, 5) is 10.9.